The van der Waals surface area contributed by atoms with Gasteiger partial charge in [0.25, 0.3) is 5.91 Å². The zero-order valence-corrected chi connectivity index (χ0v) is 13.1. The van der Waals surface area contributed by atoms with Crippen LogP contribution in [0.5, 0.6) is 0 Å². The molecule has 0 fully saturated rings. The average molecular weight is 339 g/mol. The number of carbonyl (C=O) groups excluding carboxylic acids is 2. The van der Waals surface area contributed by atoms with Crippen LogP contribution in [-0.2, 0) is 7.05 Å². The third-order valence-corrected chi connectivity index (χ3v) is 3.30. The molecule has 8 heteroatoms. The number of aryl methyl sites for hydroxylation is 1. The lowest BCUT2D eigenvalue weighted by Gasteiger charge is -2.14. The number of amides is 1. The van der Waals surface area contributed by atoms with Crippen LogP contribution in [-0.4, -0.2) is 29.0 Å². The number of hydrogen-bond acceptors (Lipinski definition) is 3. The van der Waals surface area contributed by atoms with E-state index < -0.39 is 18.6 Å². The molecular formula is C16H16F3N3O2. The Labute approximate surface area is 136 Å². The fourth-order valence-corrected chi connectivity index (χ4v) is 2.11. The number of benzene rings is 1. The predicted molar refractivity (Wildman–Crippen MR) is 84.4 cm³/mol. The Morgan fingerprint density at radius 1 is 1.17 bits per heavy atom. The summed E-state index contributed by atoms with van der Waals surface area (Å²) in [6.07, 6.45) is -2.85. The smallest absolute Gasteiger partial charge is 0.375 e. The van der Waals surface area contributed by atoms with Gasteiger partial charge in [-0.25, -0.2) is 0 Å². The molecule has 1 heterocycles. The largest absolute Gasteiger partial charge is 0.405 e. The number of anilines is 2. The van der Waals surface area contributed by atoms with Crippen LogP contribution < -0.4 is 10.6 Å². The van der Waals surface area contributed by atoms with Crippen LogP contribution in [0, 0.1) is 0 Å². The Morgan fingerprint density at radius 3 is 2.33 bits per heavy atom. The van der Waals surface area contributed by atoms with Crippen LogP contribution in [0.4, 0.5) is 24.5 Å². The first-order valence-electron chi connectivity index (χ1n) is 7.05. The van der Waals surface area contributed by atoms with E-state index in [1.54, 1.807) is 19.2 Å². The number of Topliss-reactive ketones (excluding diaryl/α,β-unsaturated/α-hetero) is 1. The van der Waals surface area contributed by atoms with Gasteiger partial charge < -0.3 is 15.2 Å². The van der Waals surface area contributed by atoms with Crippen LogP contribution in [0.3, 0.4) is 0 Å². The minimum Gasteiger partial charge on any atom is -0.375 e. The minimum atomic E-state index is -4.37. The van der Waals surface area contributed by atoms with Crippen molar-refractivity contribution >= 4 is 23.1 Å². The van der Waals surface area contributed by atoms with Gasteiger partial charge in [-0.05, 0) is 25.1 Å². The van der Waals surface area contributed by atoms with E-state index in [1.165, 1.54) is 35.9 Å². The number of para-hydroxylation sites is 2. The highest BCUT2D eigenvalue weighted by Crippen LogP contribution is 2.24. The zero-order valence-electron chi connectivity index (χ0n) is 13.1. The molecular weight excluding hydrogens is 323 g/mol. The molecule has 0 saturated carbocycles. The molecule has 24 heavy (non-hydrogen) atoms. The van der Waals surface area contributed by atoms with Gasteiger partial charge in [-0.15, -0.1) is 0 Å². The number of ketones is 1. The first kappa shape index (κ1) is 17.6. The monoisotopic (exact) mass is 339 g/mol. The van der Waals surface area contributed by atoms with Gasteiger partial charge in [0.15, 0.2) is 5.78 Å². The van der Waals surface area contributed by atoms with Gasteiger partial charge in [-0.3, -0.25) is 9.59 Å². The van der Waals surface area contributed by atoms with Crippen LogP contribution in [0.15, 0.2) is 36.5 Å². The topological polar surface area (TPSA) is 63.1 Å². The molecule has 2 rings (SSSR count). The number of nitrogens with zero attached hydrogens (tertiary/aromatic N) is 1. The van der Waals surface area contributed by atoms with E-state index in [-0.39, 0.29) is 22.9 Å². The summed E-state index contributed by atoms with van der Waals surface area (Å²) < 4.78 is 38.5. The lowest BCUT2D eigenvalue weighted by Crippen LogP contribution is -2.22. The maximum Gasteiger partial charge on any atom is 0.405 e. The molecule has 0 bridgehead atoms. The molecule has 0 aliphatic carbocycles. The third-order valence-electron chi connectivity index (χ3n) is 3.30. The minimum absolute atomic E-state index is 0.157. The van der Waals surface area contributed by atoms with Crippen molar-refractivity contribution in [1.82, 2.24) is 4.57 Å². The second kappa shape index (κ2) is 6.77. The van der Waals surface area contributed by atoms with Gasteiger partial charge in [0.1, 0.15) is 12.2 Å². The number of hydrogen-bond donors (Lipinski definition) is 2. The zero-order chi connectivity index (χ0) is 17.9. The molecule has 0 radical (unpaired) electrons. The normalized spacial score (nSPS) is 11.2. The summed E-state index contributed by atoms with van der Waals surface area (Å²) >= 11 is 0. The average Bonchev–Trinajstić information content (AvgIpc) is 2.88. The number of rotatable bonds is 5. The summed E-state index contributed by atoms with van der Waals surface area (Å²) in [6.45, 7) is 0.173. The summed E-state index contributed by atoms with van der Waals surface area (Å²) in [5.41, 5.74) is 0.985. The maximum absolute atomic E-state index is 12.3. The molecule has 1 aromatic carbocycles. The van der Waals surface area contributed by atoms with E-state index in [2.05, 4.69) is 10.6 Å². The number of nitrogens with one attached hydrogen (secondary N) is 2. The number of carbonyl (C=O) groups is 2. The van der Waals surface area contributed by atoms with Crippen molar-refractivity contribution in [2.45, 2.75) is 13.1 Å². The van der Waals surface area contributed by atoms with Gasteiger partial charge in [-0.2, -0.15) is 13.2 Å². The second-order valence-electron chi connectivity index (χ2n) is 5.25. The van der Waals surface area contributed by atoms with Crippen LogP contribution in [0.2, 0.25) is 0 Å². The molecule has 0 atom stereocenters. The van der Waals surface area contributed by atoms with Crippen molar-refractivity contribution in [2.24, 2.45) is 7.05 Å². The Bertz CT molecular complexity index is 766. The van der Waals surface area contributed by atoms with E-state index in [1.807, 2.05) is 0 Å². The molecule has 0 spiro atoms. The van der Waals surface area contributed by atoms with E-state index in [9.17, 15) is 22.8 Å². The molecule has 0 unspecified atom stereocenters. The van der Waals surface area contributed by atoms with Crippen molar-refractivity contribution < 1.29 is 22.8 Å². The van der Waals surface area contributed by atoms with Crippen LogP contribution >= 0.6 is 0 Å². The first-order chi connectivity index (χ1) is 11.2. The lowest BCUT2D eigenvalue weighted by atomic mass is 10.2. The summed E-state index contributed by atoms with van der Waals surface area (Å²) in [7, 11) is 1.61. The summed E-state index contributed by atoms with van der Waals surface area (Å²) in [5.74, 6) is -0.705. The number of aromatic nitrogens is 1. The molecule has 1 amide bonds. The number of alkyl halides is 3. The van der Waals surface area contributed by atoms with Crippen molar-refractivity contribution in [1.29, 1.82) is 0 Å². The molecule has 5 nitrogen and oxygen atoms in total. The van der Waals surface area contributed by atoms with Gasteiger partial charge >= 0.3 is 6.18 Å². The lowest BCUT2D eigenvalue weighted by molar-refractivity contribution is -0.115. The van der Waals surface area contributed by atoms with E-state index >= 15 is 0 Å². The Morgan fingerprint density at radius 2 is 1.79 bits per heavy atom. The Balaban J connectivity index is 2.19. The summed E-state index contributed by atoms with van der Waals surface area (Å²) in [5, 5.41) is 4.80. The number of halogens is 3. The highest BCUT2D eigenvalue weighted by molar-refractivity contribution is 6.06. The van der Waals surface area contributed by atoms with Crippen LogP contribution in [0.25, 0.3) is 0 Å². The molecule has 2 N–H and O–H groups in total. The van der Waals surface area contributed by atoms with Crippen molar-refractivity contribution in [3.05, 3.63) is 47.8 Å². The molecule has 0 aliphatic rings. The van der Waals surface area contributed by atoms with Gasteiger partial charge in [0.2, 0.25) is 0 Å². The van der Waals surface area contributed by atoms with Crippen molar-refractivity contribution in [3.8, 4) is 0 Å². The third kappa shape index (κ3) is 4.37. The van der Waals surface area contributed by atoms with Gasteiger partial charge in [0, 0.05) is 18.8 Å². The van der Waals surface area contributed by atoms with E-state index in [4.69, 9.17) is 0 Å². The fraction of sp³-hybridized carbons (Fsp3) is 0.250. The second-order valence-corrected chi connectivity index (χ2v) is 5.25. The Kier molecular flexibility index (Phi) is 4.96. The first-order valence-corrected chi connectivity index (χ1v) is 7.05. The SMILES string of the molecule is CC(=O)c1cc(C(=O)Nc2ccccc2NCC(F)(F)F)n(C)c1. The van der Waals surface area contributed by atoms with E-state index in [0.29, 0.717) is 5.56 Å². The molecule has 2 aromatic rings. The van der Waals surface area contributed by atoms with Crippen molar-refractivity contribution in [2.75, 3.05) is 17.2 Å². The van der Waals surface area contributed by atoms with Gasteiger partial charge in [0.05, 0.1) is 11.4 Å². The summed E-state index contributed by atoms with van der Waals surface area (Å²) in [4.78, 5) is 23.7. The molecule has 0 aliphatic heterocycles. The maximum atomic E-state index is 12.3. The molecule has 0 saturated heterocycles. The Hall–Kier alpha value is -2.77. The highest BCUT2D eigenvalue weighted by Gasteiger charge is 2.27. The molecule has 128 valence electrons. The standard InChI is InChI=1S/C16H16F3N3O2/c1-10(23)11-7-14(22(2)8-11)15(24)21-13-6-4-3-5-12(13)20-9-16(17,18)19/h3-8,20H,9H2,1-2H3,(H,21,24). The molecule has 1 aromatic heterocycles. The quantitative estimate of drug-likeness (QED) is 0.820. The van der Waals surface area contributed by atoms with E-state index in [0.717, 1.165) is 0 Å². The van der Waals surface area contributed by atoms with Gasteiger partial charge in [-0.1, -0.05) is 12.1 Å². The summed E-state index contributed by atoms with van der Waals surface area (Å²) in [6, 6.07) is 7.52. The van der Waals surface area contributed by atoms with Crippen molar-refractivity contribution in [3.63, 3.8) is 0 Å². The highest BCUT2D eigenvalue weighted by atomic mass is 19.4. The predicted octanol–water partition coefficient (Wildman–Crippen LogP) is 3.45. The fourth-order valence-electron chi connectivity index (χ4n) is 2.11. The van der Waals surface area contributed by atoms with Crippen LogP contribution in [0.1, 0.15) is 27.8 Å².